The number of thioether (sulfide) groups is 1. The fourth-order valence-electron chi connectivity index (χ4n) is 0.660. The highest BCUT2D eigenvalue weighted by Crippen LogP contribution is 2.24. The Bertz CT molecular complexity index is 238. The molecule has 3 N–H and O–H groups in total. The monoisotopic (exact) mass is 185 g/mol. The first-order valence-electron chi connectivity index (χ1n) is 3.86. The van der Waals surface area contributed by atoms with Gasteiger partial charge < -0.3 is 10.8 Å². The predicted octanol–water partition coefficient (Wildman–Crippen LogP) is 2.72. The van der Waals surface area contributed by atoms with E-state index in [1.54, 1.807) is 23.9 Å². The van der Waals surface area contributed by atoms with Crippen molar-refractivity contribution in [1.29, 1.82) is 0 Å². The van der Waals surface area contributed by atoms with Crippen LogP contribution in [0.2, 0.25) is 0 Å². The quantitative estimate of drug-likeness (QED) is 0.402. The van der Waals surface area contributed by atoms with Gasteiger partial charge in [0.1, 0.15) is 5.75 Å². The van der Waals surface area contributed by atoms with Crippen LogP contribution in [0.1, 0.15) is 13.8 Å². The first-order valence-corrected chi connectivity index (χ1v) is 5.09. The van der Waals surface area contributed by atoms with E-state index in [0.717, 1.165) is 4.90 Å². The summed E-state index contributed by atoms with van der Waals surface area (Å²) in [4.78, 5) is 1.07. The lowest BCUT2D eigenvalue weighted by Crippen LogP contribution is -1.84. The molecule has 0 atom stereocenters. The molecule has 0 aliphatic carbocycles. The fourth-order valence-corrected chi connectivity index (χ4v) is 1.11. The van der Waals surface area contributed by atoms with Crippen LogP contribution in [0.5, 0.6) is 5.75 Å². The summed E-state index contributed by atoms with van der Waals surface area (Å²) in [5, 5.41) is 9.00. The van der Waals surface area contributed by atoms with Crippen molar-refractivity contribution in [3.05, 3.63) is 18.2 Å². The van der Waals surface area contributed by atoms with Gasteiger partial charge in [-0.2, -0.15) is 0 Å². The molecule has 0 bridgehead atoms. The Morgan fingerprint density at radius 1 is 1.33 bits per heavy atom. The molecule has 3 heteroatoms. The van der Waals surface area contributed by atoms with E-state index in [1.165, 1.54) is 0 Å². The minimum absolute atomic E-state index is 0.151. The van der Waals surface area contributed by atoms with Gasteiger partial charge in [-0.1, -0.05) is 13.8 Å². The number of hydrogen-bond donors (Lipinski definition) is 2. The summed E-state index contributed by atoms with van der Waals surface area (Å²) in [6.45, 7) is 4.00. The molecule has 12 heavy (non-hydrogen) atoms. The number of anilines is 1. The minimum Gasteiger partial charge on any atom is -0.506 e. The zero-order valence-electron chi connectivity index (χ0n) is 7.66. The van der Waals surface area contributed by atoms with Crippen LogP contribution in [0.4, 0.5) is 5.69 Å². The Morgan fingerprint density at radius 2 is 1.92 bits per heavy atom. The fraction of sp³-hybridized carbons (Fsp3) is 0.333. The summed E-state index contributed by atoms with van der Waals surface area (Å²) in [7, 11) is 0. The molecule has 0 heterocycles. The normalized spacial score (nSPS) is 8.58. The molecule has 0 aliphatic heterocycles. The van der Waals surface area contributed by atoms with Gasteiger partial charge in [0.15, 0.2) is 0 Å². The van der Waals surface area contributed by atoms with Gasteiger partial charge in [0.2, 0.25) is 0 Å². The summed E-state index contributed by atoms with van der Waals surface area (Å²) < 4.78 is 0. The van der Waals surface area contributed by atoms with Gasteiger partial charge in [-0.05, 0) is 24.5 Å². The standard InChI is InChI=1S/C7H9NOS.C2H6/c1-10-5-2-3-7(9)6(8)4-5;1-2/h2-4,9H,8H2,1H3;1-2H3. The van der Waals surface area contributed by atoms with E-state index in [-0.39, 0.29) is 5.75 Å². The second kappa shape index (κ2) is 5.77. The van der Waals surface area contributed by atoms with Crippen molar-refractivity contribution in [2.24, 2.45) is 0 Å². The van der Waals surface area contributed by atoms with Crippen LogP contribution in [-0.2, 0) is 0 Å². The lowest BCUT2D eigenvalue weighted by Gasteiger charge is -1.99. The van der Waals surface area contributed by atoms with E-state index in [9.17, 15) is 0 Å². The average molecular weight is 185 g/mol. The molecule has 0 fully saturated rings. The molecule has 0 amide bonds. The molecule has 0 aliphatic rings. The summed E-state index contributed by atoms with van der Waals surface area (Å²) in [5.41, 5.74) is 5.87. The molecule has 1 rings (SSSR count). The maximum absolute atomic E-state index is 9.00. The molecule has 2 nitrogen and oxygen atoms in total. The second-order valence-electron chi connectivity index (χ2n) is 1.92. The zero-order chi connectivity index (χ0) is 9.56. The third-order valence-electron chi connectivity index (χ3n) is 1.23. The maximum atomic E-state index is 9.00. The molecule has 1 aromatic rings. The van der Waals surface area contributed by atoms with E-state index in [0.29, 0.717) is 5.69 Å². The predicted molar refractivity (Wildman–Crippen MR) is 55.6 cm³/mol. The number of phenols is 1. The SMILES string of the molecule is CC.CSc1ccc(O)c(N)c1. The van der Waals surface area contributed by atoms with Gasteiger partial charge >= 0.3 is 0 Å². The van der Waals surface area contributed by atoms with Gasteiger partial charge in [0.05, 0.1) is 5.69 Å². The van der Waals surface area contributed by atoms with Crippen molar-refractivity contribution in [2.45, 2.75) is 18.7 Å². The van der Waals surface area contributed by atoms with Crippen LogP contribution in [0.15, 0.2) is 23.1 Å². The van der Waals surface area contributed by atoms with Crippen LogP contribution >= 0.6 is 11.8 Å². The van der Waals surface area contributed by atoms with E-state index in [2.05, 4.69) is 0 Å². The smallest absolute Gasteiger partial charge is 0.138 e. The van der Waals surface area contributed by atoms with Gasteiger partial charge in [-0.3, -0.25) is 0 Å². The number of aromatic hydroxyl groups is 1. The second-order valence-corrected chi connectivity index (χ2v) is 2.80. The molecular weight excluding hydrogens is 170 g/mol. The highest BCUT2D eigenvalue weighted by atomic mass is 32.2. The lowest BCUT2D eigenvalue weighted by atomic mass is 10.3. The maximum Gasteiger partial charge on any atom is 0.138 e. The minimum atomic E-state index is 0.151. The highest BCUT2D eigenvalue weighted by Gasteiger charge is 1.95. The Balaban J connectivity index is 0.000000561. The molecule has 0 radical (unpaired) electrons. The number of phenolic OH excluding ortho intramolecular Hbond substituents is 1. The largest absolute Gasteiger partial charge is 0.506 e. The summed E-state index contributed by atoms with van der Waals surface area (Å²) >= 11 is 1.60. The highest BCUT2D eigenvalue weighted by molar-refractivity contribution is 7.98. The average Bonchev–Trinajstić information content (AvgIpc) is 2.13. The van der Waals surface area contributed by atoms with Crippen LogP contribution in [0.3, 0.4) is 0 Å². The molecule has 0 unspecified atom stereocenters. The number of benzene rings is 1. The van der Waals surface area contributed by atoms with Crippen LogP contribution < -0.4 is 5.73 Å². The zero-order valence-corrected chi connectivity index (χ0v) is 8.48. The van der Waals surface area contributed by atoms with Crippen molar-refractivity contribution in [2.75, 3.05) is 12.0 Å². The number of nitrogens with two attached hydrogens (primary N) is 1. The van der Waals surface area contributed by atoms with Gasteiger partial charge in [-0.15, -0.1) is 11.8 Å². The molecular formula is C9H15NOS. The molecule has 1 aromatic carbocycles. The van der Waals surface area contributed by atoms with Crippen molar-refractivity contribution in [3.63, 3.8) is 0 Å². The van der Waals surface area contributed by atoms with Crippen molar-refractivity contribution < 1.29 is 5.11 Å². The topological polar surface area (TPSA) is 46.2 Å². The molecule has 0 saturated heterocycles. The van der Waals surface area contributed by atoms with Crippen LogP contribution in [-0.4, -0.2) is 11.4 Å². The van der Waals surface area contributed by atoms with Crippen molar-refractivity contribution in [1.82, 2.24) is 0 Å². The van der Waals surface area contributed by atoms with E-state index < -0.39 is 0 Å². The van der Waals surface area contributed by atoms with Crippen molar-refractivity contribution >= 4 is 17.4 Å². The van der Waals surface area contributed by atoms with Gasteiger partial charge in [-0.25, -0.2) is 0 Å². The third-order valence-corrected chi connectivity index (χ3v) is 1.96. The molecule has 0 aromatic heterocycles. The van der Waals surface area contributed by atoms with E-state index in [1.807, 2.05) is 26.2 Å². The molecule has 0 spiro atoms. The van der Waals surface area contributed by atoms with E-state index in [4.69, 9.17) is 10.8 Å². The van der Waals surface area contributed by atoms with Gasteiger partial charge in [0.25, 0.3) is 0 Å². The Labute approximate surface area is 77.8 Å². The Hall–Kier alpha value is -0.830. The molecule has 0 saturated carbocycles. The number of rotatable bonds is 1. The van der Waals surface area contributed by atoms with Crippen molar-refractivity contribution in [3.8, 4) is 5.75 Å². The summed E-state index contributed by atoms with van der Waals surface area (Å²) in [6.07, 6.45) is 1.96. The lowest BCUT2D eigenvalue weighted by molar-refractivity contribution is 0.477. The summed E-state index contributed by atoms with van der Waals surface area (Å²) in [5.74, 6) is 0.151. The summed E-state index contributed by atoms with van der Waals surface area (Å²) in [6, 6.07) is 5.18. The van der Waals surface area contributed by atoms with E-state index >= 15 is 0 Å². The van der Waals surface area contributed by atoms with Crippen LogP contribution in [0, 0.1) is 0 Å². The first-order chi connectivity index (χ1) is 5.74. The Kier molecular flexibility index (Phi) is 5.37. The number of nitrogen functional groups attached to an aromatic ring is 1. The number of hydrogen-bond acceptors (Lipinski definition) is 3. The third kappa shape index (κ3) is 3.05. The first kappa shape index (κ1) is 11.2. The molecule has 68 valence electrons. The Morgan fingerprint density at radius 3 is 2.33 bits per heavy atom. The van der Waals surface area contributed by atoms with Gasteiger partial charge in [0, 0.05) is 4.90 Å². The van der Waals surface area contributed by atoms with Crippen LogP contribution in [0.25, 0.3) is 0 Å².